The lowest BCUT2D eigenvalue weighted by Gasteiger charge is -2.09. The molecule has 0 saturated carbocycles. The van der Waals surface area contributed by atoms with Gasteiger partial charge in [-0.15, -0.1) is 11.3 Å². The number of nitrogens with one attached hydrogen (secondary N) is 1. The molecule has 0 amide bonds. The summed E-state index contributed by atoms with van der Waals surface area (Å²) in [5.74, 6) is -1.73. The maximum atomic E-state index is 13.6. The van der Waals surface area contributed by atoms with Gasteiger partial charge in [0.1, 0.15) is 5.82 Å². The Hall–Kier alpha value is -1.95. The minimum Gasteiger partial charge on any atom is -0.478 e. The molecule has 0 saturated heterocycles. The SMILES string of the molecule is Cc1ncsc1CNc1c(F)cccc1C(=O)O. The van der Waals surface area contributed by atoms with Crippen LogP contribution < -0.4 is 5.32 Å². The smallest absolute Gasteiger partial charge is 0.337 e. The molecule has 0 aliphatic rings. The third kappa shape index (κ3) is 2.48. The number of anilines is 1. The average Bonchev–Trinajstić information content (AvgIpc) is 2.73. The van der Waals surface area contributed by atoms with Gasteiger partial charge >= 0.3 is 5.97 Å². The van der Waals surface area contributed by atoms with Gasteiger partial charge in [-0.1, -0.05) is 6.07 Å². The van der Waals surface area contributed by atoms with Crippen LogP contribution in [-0.2, 0) is 6.54 Å². The minimum atomic E-state index is -1.15. The van der Waals surface area contributed by atoms with E-state index in [9.17, 15) is 9.18 Å². The van der Waals surface area contributed by atoms with Crippen LogP contribution in [0, 0.1) is 12.7 Å². The number of carboxylic acids is 1. The van der Waals surface area contributed by atoms with E-state index in [0.717, 1.165) is 10.6 Å². The number of thiazole rings is 1. The first kappa shape index (κ1) is 12.5. The molecule has 1 heterocycles. The molecule has 2 rings (SSSR count). The van der Waals surface area contributed by atoms with Crippen molar-refractivity contribution in [3.05, 3.63) is 45.7 Å². The molecule has 0 fully saturated rings. The van der Waals surface area contributed by atoms with Crippen LogP contribution in [0.15, 0.2) is 23.7 Å². The van der Waals surface area contributed by atoms with E-state index in [0.29, 0.717) is 6.54 Å². The van der Waals surface area contributed by atoms with Crippen molar-refractivity contribution in [1.82, 2.24) is 4.98 Å². The zero-order chi connectivity index (χ0) is 13.1. The number of nitrogens with zero attached hydrogens (tertiary/aromatic N) is 1. The lowest BCUT2D eigenvalue weighted by molar-refractivity contribution is 0.0697. The number of benzene rings is 1. The quantitative estimate of drug-likeness (QED) is 0.893. The van der Waals surface area contributed by atoms with Gasteiger partial charge in [0, 0.05) is 4.88 Å². The number of halogens is 1. The lowest BCUT2D eigenvalue weighted by atomic mass is 10.1. The van der Waals surface area contributed by atoms with Gasteiger partial charge in [0.2, 0.25) is 0 Å². The number of carboxylic acid groups (broad SMARTS) is 1. The van der Waals surface area contributed by atoms with Crippen LogP contribution in [-0.4, -0.2) is 16.1 Å². The summed E-state index contributed by atoms with van der Waals surface area (Å²) in [6.07, 6.45) is 0. The number of para-hydroxylation sites is 1. The number of carbonyl (C=O) groups is 1. The van der Waals surface area contributed by atoms with Crippen molar-refractivity contribution in [2.75, 3.05) is 5.32 Å². The van der Waals surface area contributed by atoms with Crippen molar-refractivity contribution in [3.8, 4) is 0 Å². The van der Waals surface area contributed by atoms with Crippen LogP contribution in [0.1, 0.15) is 20.9 Å². The summed E-state index contributed by atoms with van der Waals surface area (Å²) in [6, 6.07) is 3.98. The second kappa shape index (κ2) is 5.14. The fourth-order valence-corrected chi connectivity index (χ4v) is 2.26. The number of hydrogen-bond donors (Lipinski definition) is 2. The molecule has 4 nitrogen and oxygen atoms in total. The molecule has 0 atom stereocenters. The average molecular weight is 266 g/mol. The van der Waals surface area contributed by atoms with Crippen LogP contribution >= 0.6 is 11.3 Å². The van der Waals surface area contributed by atoms with Gasteiger partial charge in [-0.3, -0.25) is 0 Å². The highest BCUT2D eigenvalue weighted by Gasteiger charge is 2.14. The molecule has 0 radical (unpaired) electrons. The van der Waals surface area contributed by atoms with E-state index in [1.165, 1.54) is 29.5 Å². The van der Waals surface area contributed by atoms with Crippen LogP contribution in [0.4, 0.5) is 10.1 Å². The summed E-state index contributed by atoms with van der Waals surface area (Å²) in [5.41, 5.74) is 2.50. The number of aromatic carboxylic acids is 1. The Morgan fingerprint density at radius 1 is 1.56 bits per heavy atom. The molecule has 94 valence electrons. The number of aromatic nitrogens is 1. The maximum absolute atomic E-state index is 13.6. The normalized spacial score (nSPS) is 10.3. The predicted octanol–water partition coefficient (Wildman–Crippen LogP) is 2.90. The minimum absolute atomic E-state index is 0.0119. The largest absolute Gasteiger partial charge is 0.478 e. The van der Waals surface area contributed by atoms with Gasteiger partial charge < -0.3 is 10.4 Å². The number of hydrogen-bond acceptors (Lipinski definition) is 4. The van der Waals surface area contributed by atoms with Crippen molar-refractivity contribution in [1.29, 1.82) is 0 Å². The van der Waals surface area contributed by atoms with Crippen molar-refractivity contribution >= 4 is 23.0 Å². The Morgan fingerprint density at radius 2 is 2.33 bits per heavy atom. The number of rotatable bonds is 4. The number of aryl methyl sites for hydroxylation is 1. The molecule has 1 aromatic heterocycles. The second-order valence-corrected chi connectivity index (χ2v) is 4.62. The summed E-state index contributed by atoms with van der Waals surface area (Å²) in [4.78, 5) is 16.0. The van der Waals surface area contributed by atoms with Gasteiger partial charge in [-0.05, 0) is 19.1 Å². The van der Waals surface area contributed by atoms with Crippen molar-refractivity contribution in [2.45, 2.75) is 13.5 Å². The first-order valence-electron chi connectivity index (χ1n) is 5.24. The zero-order valence-corrected chi connectivity index (χ0v) is 10.4. The molecule has 0 unspecified atom stereocenters. The summed E-state index contributed by atoms with van der Waals surface area (Å²) in [6.45, 7) is 2.21. The zero-order valence-electron chi connectivity index (χ0n) is 9.61. The van der Waals surface area contributed by atoms with E-state index in [-0.39, 0.29) is 11.3 Å². The van der Waals surface area contributed by atoms with E-state index in [1.54, 1.807) is 5.51 Å². The van der Waals surface area contributed by atoms with Gasteiger partial charge in [0.15, 0.2) is 0 Å². The van der Waals surface area contributed by atoms with Crippen LogP contribution in [0.25, 0.3) is 0 Å². The second-order valence-electron chi connectivity index (χ2n) is 3.68. The molecule has 0 aliphatic heterocycles. The maximum Gasteiger partial charge on any atom is 0.337 e. The topological polar surface area (TPSA) is 62.2 Å². The van der Waals surface area contributed by atoms with Gasteiger partial charge in [-0.2, -0.15) is 0 Å². The summed E-state index contributed by atoms with van der Waals surface area (Å²) < 4.78 is 13.6. The molecule has 18 heavy (non-hydrogen) atoms. The Labute approximate surface area is 107 Å². The van der Waals surface area contributed by atoms with Crippen molar-refractivity contribution in [2.24, 2.45) is 0 Å². The molecule has 1 aromatic carbocycles. The highest BCUT2D eigenvalue weighted by Crippen LogP contribution is 2.22. The summed E-state index contributed by atoms with van der Waals surface area (Å²) in [7, 11) is 0. The molecule has 6 heteroatoms. The van der Waals surface area contributed by atoms with E-state index < -0.39 is 11.8 Å². The first-order valence-corrected chi connectivity index (χ1v) is 6.12. The fourth-order valence-electron chi connectivity index (χ4n) is 1.55. The van der Waals surface area contributed by atoms with E-state index in [4.69, 9.17) is 5.11 Å². The van der Waals surface area contributed by atoms with Gasteiger partial charge in [0.25, 0.3) is 0 Å². The van der Waals surface area contributed by atoms with Gasteiger partial charge in [-0.25, -0.2) is 14.2 Å². The summed E-state index contributed by atoms with van der Waals surface area (Å²) >= 11 is 1.45. The predicted molar refractivity (Wildman–Crippen MR) is 67.5 cm³/mol. The first-order chi connectivity index (χ1) is 8.59. The molecular weight excluding hydrogens is 255 g/mol. The lowest BCUT2D eigenvalue weighted by Crippen LogP contribution is -2.08. The van der Waals surface area contributed by atoms with E-state index in [2.05, 4.69) is 10.3 Å². The highest BCUT2D eigenvalue weighted by atomic mass is 32.1. The van der Waals surface area contributed by atoms with Gasteiger partial charge in [0.05, 0.1) is 29.0 Å². The van der Waals surface area contributed by atoms with E-state index in [1.807, 2.05) is 6.92 Å². The molecule has 0 aliphatic carbocycles. The Morgan fingerprint density at radius 3 is 2.94 bits per heavy atom. The Balaban J connectivity index is 2.24. The van der Waals surface area contributed by atoms with Crippen LogP contribution in [0.3, 0.4) is 0 Å². The molecular formula is C12H11FN2O2S. The third-order valence-electron chi connectivity index (χ3n) is 2.51. The van der Waals surface area contributed by atoms with E-state index >= 15 is 0 Å². The standard InChI is InChI=1S/C12H11FN2O2S/c1-7-10(18-6-15-7)5-14-11-8(12(16)17)3-2-4-9(11)13/h2-4,6,14H,5H2,1H3,(H,16,17). The Kier molecular flexibility index (Phi) is 3.57. The van der Waals surface area contributed by atoms with Crippen LogP contribution in [0.2, 0.25) is 0 Å². The van der Waals surface area contributed by atoms with Crippen molar-refractivity contribution in [3.63, 3.8) is 0 Å². The van der Waals surface area contributed by atoms with Crippen LogP contribution in [0.5, 0.6) is 0 Å². The monoisotopic (exact) mass is 266 g/mol. The molecule has 2 N–H and O–H groups in total. The highest BCUT2D eigenvalue weighted by molar-refractivity contribution is 7.09. The fraction of sp³-hybridized carbons (Fsp3) is 0.167. The molecule has 0 spiro atoms. The third-order valence-corrected chi connectivity index (χ3v) is 3.45. The molecule has 0 bridgehead atoms. The summed E-state index contributed by atoms with van der Waals surface area (Å²) in [5, 5.41) is 11.8. The van der Waals surface area contributed by atoms with Crippen molar-refractivity contribution < 1.29 is 14.3 Å². The molecule has 2 aromatic rings. The Bertz CT molecular complexity index is 583.